The van der Waals surface area contributed by atoms with Crippen LogP contribution in [0.5, 0.6) is 11.6 Å². The molecule has 0 amide bonds. The molecule has 6 heteroatoms. The number of hydrogen-bond donors (Lipinski definition) is 0. The monoisotopic (exact) mass is 223 g/mol. The van der Waals surface area contributed by atoms with Gasteiger partial charge in [0.2, 0.25) is 5.88 Å². The van der Waals surface area contributed by atoms with E-state index < -0.39 is 6.43 Å². The van der Waals surface area contributed by atoms with Crippen molar-refractivity contribution in [2.24, 2.45) is 0 Å². The van der Waals surface area contributed by atoms with E-state index in [0.29, 0.717) is 0 Å². The molecule has 0 saturated carbocycles. The summed E-state index contributed by atoms with van der Waals surface area (Å²) < 4.78 is 34.3. The number of methoxy groups -OCH3 is 2. The second-order valence-electron chi connectivity index (χ2n) is 2.37. The Labute approximate surface area is 84.6 Å². The molecule has 0 bridgehead atoms. The highest BCUT2D eigenvalue weighted by molar-refractivity contribution is 6.33. The van der Waals surface area contributed by atoms with E-state index in [-0.39, 0.29) is 22.2 Å². The number of ether oxygens (including phenoxy) is 2. The molecule has 1 aromatic rings. The van der Waals surface area contributed by atoms with Crippen LogP contribution in [0, 0.1) is 0 Å². The molecule has 1 rings (SSSR count). The fourth-order valence-electron chi connectivity index (χ4n) is 0.973. The highest BCUT2D eigenvalue weighted by Crippen LogP contribution is 2.38. The summed E-state index contributed by atoms with van der Waals surface area (Å²) in [4.78, 5) is 3.61. The van der Waals surface area contributed by atoms with Crippen LogP contribution in [0.1, 0.15) is 12.0 Å². The first-order chi connectivity index (χ1) is 6.61. The molecule has 0 radical (unpaired) electrons. The lowest BCUT2D eigenvalue weighted by atomic mass is 10.2. The van der Waals surface area contributed by atoms with Crippen LogP contribution >= 0.6 is 11.6 Å². The predicted molar refractivity (Wildman–Crippen MR) is 47.3 cm³/mol. The fraction of sp³-hybridized carbons (Fsp3) is 0.375. The van der Waals surface area contributed by atoms with Crippen LogP contribution in [0.25, 0.3) is 0 Å². The van der Waals surface area contributed by atoms with Crippen LogP contribution in [0.15, 0.2) is 6.20 Å². The predicted octanol–water partition coefficient (Wildman–Crippen LogP) is 2.69. The Bertz CT molecular complexity index is 333. The maximum absolute atomic E-state index is 12.4. The molecule has 0 fully saturated rings. The van der Waals surface area contributed by atoms with Gasteiger partial charge in [-0.2, -0.15) is 0 Å². The Morgan fingerprint density at radius 2 is 2.00 bits per heavy atom. The van der Waals surface area contributed by atoms with Gasteiger partial charge in [0, 0.05) is 6.20 Å². The number of rotatable bonds is 3. The van der Waals surface area contributed by atoms with Gasteiger partial charge in [0.15, 0.2) is 5.75 Å². The minimum atomic E-state index is -2.68. The van der Waals surface area contributed by atoms with Gasteiger partial charge < -0.3 is 9.47 Å². The Morgan fingerprint density at radius 1 is 1.36 bits per heavy atom. The lowest BCUT2D eigenvalue weighted by Crippen LogP contribution is -1.98. The van der Waals surface area contributed by atoms with Crippen molar-refractivity contribution in [3.05, 3.63) is 16.8 Å². The van der Waals surface area contributed by atoms with E-state index in [0.717, 1.165) is 6.20 Å². The van der Waals surface area contributed by atoms with Gasteiger partial charge >= 0.3 is 0 Å². The van der Waals surface area contributed by atoms with Crippen molar-refractivity contribution in [1.82, 2.24) is 4.98 Å². The van der Waals surface area contributed by atoms with E-state index in [1.54, 1.807) is 0 Å². The van der Waals surface area contributed by atoms with E-state index >= 15 is 0 Å². The number of halogens is 3. The Balaban J connectivity index is 3.28. The van der Waals surface area contributed by atoms with Crippen molar-refractivity contribution in [3.63, 3.8) is 0 Å². The zero-order chi connectivity index (χ0) is 10.7. The minimum Gasteiger partial charge on any atom is -0.494 e. The molecule has 0 atom stereocenters. The number of nitrogens with zero attached hydrogens (tertiary/aromatic N) is 1. The van der Waals surface area contributed by atoms with Gasteiger partial charge in [-0.25, -0.2) is 13.8 Å². The first-order valence-electron chi connectivity index (χ1n) is 3.66. The molecule has 0 saturated heterocycles. The number of aromatic nitrogens is 1. The van der Waals surface area contributed by atoms with Crippen LogP contribution in [-0.2, 0) is 0 Å². The fourth-order valence-corrected chi connectivity index (χ4v) is 1.28. The van der Waals surface area contributed by atoms with Gasteiger partial charge in [0.25, 0.3) is 6.43 Å². The van der Waals surface area contributed by atoms with Gasteiger partial charge in [-0.1, -0.05) is 11.6 Å². The third kappa shape index (κ3) is 1.87. The lowest BCUT2D eigenvalue weighted by molar-refractivity contribution is 0.146. The molecule has 0 aliphatic heterocycles. The summed E-state index contributed by atoms with van der Waals surface area (Å²) in [6.07, 6.45) is -1.70. The summed E-state index contributed by atoms with van der Waals surface area (Å²) in [6, 6.07) is 0. The second kappa shape index (κ2) is 4.41. The topological polar surface area (TPSA) is 31.4 Å². The van der Waals surface area contributed by atoms with Crippen LogP contribution in [-0.4, -0.2) is 19.2 Å². The van der Waals surface area contributed by atoms with Crippen molar-refractivity contribution < 1.29 is 18.3 Å². The first-order valence-corrected chi connectivity index (χ1v) is 4.04. The molecule has 0 aromatic carbocycles. The van der Waals surface area contributed by atoms with Gasteiger partial charge in [-0.3, -0.25) is 0 Å². The first kappa shape index (κ1) is 11.0. The molecule has 0 unspecified atom stereocenters. The van der Waals surface area contributed by atoms with Crippen molar-refractivity contribution in [2.45, 2.75) is 6.43 Å². The molecular formula is C8H8ClF2NO2. The summed E-state index contributed by atoms with van der Waals surface area (Å²) in [5, 5.41) is -0.0483. The van der Waals surface area contributed by atoms with E-state index in [1.165, 1.54) is 14.2 Å². The maximum Gasteiger partial charge on any atom is 0.268 e. The number of pyridine rings is 1. The third-order valence-corrected chi connectivity index (χ3v) is 1.94. The smallest absolute Gasteiger partial charge is 0.268 e. The van der Waals surface area contributed by atoms with Crippen molar-refractivity contribution in [1.29, 1.82) is 0 Å². The molecular weight excluding hydrogens is 216 g/mol. The van der Waals surface area contributed by atoms with E-state index in [2.05, 4.69) is 4.98 Å². The van der Waals surface area contributed by atoms with E-state index in [4.69, 9.17) is 21.1 Å². The summed E-state index contributed by atoms with van der Waals surface area (Å²) in [7, 11) is 2.60. The summed E-state index contributed by atoms with van der Waals surface area (Å²) in [6.45, 7) is 0. The molecule has 1 heterocycles. The largest absolute Gasteiger partial charge is 0.494 e. The Morgan fingerprint density at radius 3 is 2.43 bits per heavy atom. The zero-order valence-corrected chi connectivity index (χ0v) is 8.31. The minimum absolute atomic E-state index is 0.0483. The number of alkyl halides is 2. The quantitative estimate of drug-likeness (QED) is 0.790. The second-order valence-corrected chi connectivity index (χ2v) is 2.75. The summed E-state index contributed by atoms with van der Waals surface area (Å²) in [5.41, 5.74) is -0.349. The van der Waals surface area contributed by atoms with Gasteiger partial charge in [-0.15, -0.1) is 0 Å². The van der Waals surface area contributed by atoms with Crippen molar-refractivity contribution >= 4 is 11.6 Å². The standard InChI is InChI=1S/C8H8ClF2NO2/c1-13-6-4(7(10)11)3-12-8(14-2)5(6)9/h3,7H,1-2H3. The average molecular weight is 224 g/mol. The van der Waals surface area contributed by atoms with Crippen molar-refractivity contribution in [2.75, 3.05) is 14.2 Å². The van der Waals surface area contributed by atoms with Crippen molar-refractivity contribution in [3.8, 4) is 11.6 Å². The van der Waals surface area contributed by atoms with Gasteiger partial charge in [0.05, 0.1) is 19.8 Å². The SMILES string of the molecule is COc1ncc(C(F)F)c(OC)c1Cl. The molecule has 14 heavy (non-hydrogen) atoms. The summed E-state index contributed by atoms with van der Waals surface area (Å²) >= 11 is 5.71. The molecule has 3 nitrogen and oxygen atoms in total. The van der Waals surface area contributed by atoms with Gasteiger partial charge in [-0.05, 0) is 0 Å². The van der Waals surface area contributed by atoms with Crippen LogP contribution < -0.4 is 9.47 Å². The highest BCUT2D eigenvalue weighted by Gasteiger charge is 2.20. The highest BCUT2D eigenvalue weighted by atomic mass is 35.5. The lowest BCUT2D eigenvalue weighted by Gasteiger charge is -2.10. The Hall–Kier alpha value is -1.10. The molecule has 0 spiro atoms. The number of hydrogen-bond acceptors (Lipinski definition) is 3. The zero-order valence-electron chi connectivity index (χ0n) is 7.55. The van der Waals surface area contributed by atoms with E-state index in [1.807, 2.05) is 0 Å². The molecule has 0 N–H and O–H groups in total. The molecule has 0 aliphatic carbocycles. The van der Waals surface area contributed by atoms with Crippen LogP contribution in [0.2, 0.25) is 5.02 Å². The Kier molecular flexibility index (Phi) is 3.46. The van der Waals surface area contributed by atoms with Gasteiger partial charge in [0.1, 0.15) is 5.02 Å². The van der Waals surface area contributed by atoms with Crippen LogP contribution in [0.3, 0.4) is 0 Å². The molecule has 78 valence electrons. The normalized spacial score (nSPS) is 10.4. The van der Waals surface area contributed by atoms with Crippen LogP contribution in [0.4, 0.5) is 8.78 Å². The average Bonchev–Trinajstić information content (AvgIpc) is 2.17. The third-order valence-electron chi connectivity index (χ3n) is 1.60. The molecule has 0 aliphatic rings. The molecule has 1 aromatic heterocycles. The summed E-state index contributed by atoms with van der Waals surface area (Å²) in [5.74, 6) is -0.0403. The maximum atomic E-state index is 12.4. The van der Waals surface area contributed by atoms with E-state index in [9.17, 15) is 8.78 Å².